The van der Waals surface area contributed by atoms with Gasteiger partial charge < -0.3 is 9.47 Å². The first-order chi connectivity index (χ1) is 19.6. The fourth-order valence-corrected chi connectivity index (χ4v) is 4.44. The molecule has 0 saturated carbocycles. The summed E-state index contributed by atoms with van der Waals surface area (Å²) in [5, 5.41) is 5.49. The lowest BCUT2D eigenvalue weighted by Crippen LogP contribution is -2.20. The highest BCUT2D eigenvalue weighted by molar-refractivity contribution is 6.31. The normalized spacial score (nSPS) is 11.8. The van der Waals surface area contributed by atoms with Gasteiger partial charge in [0.2, 0.25) is 0 Å². The van der Waals surface area contributed by atoms with Crippen LogP contribution in [-0.4, -0.2) is 23.0 Å². The molecule has 0 aliphatic heterocycles. The summed E-state index contributed by atoms with van der Waals surface area (Å²) in [5.41, 5.74) is 0.104. The summed E-state index contributed by atoms with van der Waals surface area (Å²) in [5.74, 6) is 0.529. The highest BCUT2D eigenvalue weighted by Gasteiger charge is 2.31. The number of methoxy groups -OCH3 is 1. The average Bonchev–Trinajstić information content (AvgIpc) is 2.96. The van der Waals surface area contributed by atoms with Gasteiger partial charge in [0.05, 0.1) is 29.8 Å². The van der Waals surface area contributed by atoms with Gasteiger partial charge in [-0.2, -0.15) is 22.9 Å². The Kier molecular flexibility index (Phi) is 8.01. The van der Waals surface area contributed by atoms with E-state index in [1.807, 2.05) is 0 Å². The Labute approximate surface area is 242 Å². The third-order valence-electron chi connectivity index (χ3n) is 6.08. The van der Waals surface area contributed by atoms with Crippen LogP contribution in [0.4, 0.5) is 13.2 Å². The first kappa shape index (κ1) is 28.2. The maximum atomic E-state index is 13.5. The molecule has 5 aromatic rings. The van der Waals surface area contributed by atoms with Crippen LogP contribution >= 0.6 is 23.2 Å². The number of alkyl halides is 3. The number of halogens is 5. The smallest absolute Gasteiger partial charge is 0.416 e. The van der Waals surface area contributed by atoms with E-state index in [0.717, 1.165) is 22.4 Å². The molecule has 208 valence electrons. The van der Waals surface area contributed by atoms with E-state index in [0.29, 0.717) is 26.9 Å². The SMILES string of the molecule is COc1cc(Cl)cc(C=Nn2c(-c3cccc(C(F)(F)F)c3)nc3ccccc3c2=O)c1OCc1ccc(Cl)cc1. The molecule has 0 radical (unpaired) electrons. The van der Waals surface area contributed by atoms with Gasteiger partial charge in [0, 0.05) is 27.2 Å². The van der Waals surface area contributed by atoms with Crippen LogP contribution in [0.5, 0.6) is 11.5 Å². The second-order valence-corrected chi connectivity index (χ2v) is 9.71. The van der Waals surface area contributed by atoms with Crippen LogP contribution in [0.25, 0.3) is 22.3 Å². The highest BCUT2D eigenvalue weighted by Crippen LogP contribution is 2.35. The Hall–Kier alpha value is -4.34. The monoisotopic (exact) mass is 597 g/mol. The van der Waals surface area contributed by atoms with Gasteiger partial charge in [-0.05, 0) is 48.0 Å². The van der Waals surface area contributed by atoms with E-state index in [1.165, 1.54) is 25.5 Å². The molecule has 1 heterocycles. The molecule has 41 heavy (non-hydrogen) atoms. The summed E-state index contributed by atoms with van der Waals surface area (Å²) < 4.78 is 52.9. The minimum absolute atomic E-state index is 0.0581. The van der Waals surface area contributed by atoms with Crippen molar-refractivity contribution in [2.75, 3.05) is 7.11 Å². The standard InChI is InChI=1S/C30H20Cl2F3N3O3/c1-40-26-15-23(32)14-20(27(26)41-17-18-9-11-22(31)12-10-18)16-36-38-28(19-5-4-6-21(13-19)30(33,34)35)37-25-8-3-2-7-24(25)29(38)39/h2-16H,17H2,1H3. The molecule has 0 aliphatic rings. The molecule has 1 aromatic heterocycles. The van der Waals surface area contributed by atoms with Crippen molar-refractivity contribution in [3.05, 3.63) is 122 Å². The second kappa shape index (κ2) is 11.6. The summed E-state index contributed by atoms with van der Waals surface area (Å²) in [4.78, 5) is 18.0. The molecule has 0 N–H and O–H groups in total. The lowest BCUT2D eigenvalue weighted by atomic mass is 10.1. The van der Waals surface area contributed by atoms with Crippen molar-refractivity contribution >= 4 is 40.3 Å². The number of aromatic nitrogens is 2. The van der Waals surface area contributed by atoms with Crippen molar-refractivity contribution in [2.24, 2.45) is 5.10 Å². The molecule has 11 heteroatoms. The van der Waals surface area contributed by atoms with Gasteiger partial charge in [-0.3, -0.25) is 4.79 Å². The number of ether oxygens (including phenoxy) is 2. The van der Waals surface area contributed by atoms with E-state index >= 15 is 0 Å². The summed E-state index contributed by atoms with van der Waals surface area (Å²) in [6.45, 7) is 0.156. The quantitative estimate of drug-likeness (QED) is 0.179. The van der Waals surface area contributed by atoms with Crippen molar-refractivity contribution < 1.29 is 22.6 Å². The van der Waals surface area contributed by atoms with Crippen LogP contribution in [0.15, 0.2) is 94.8 Å². The van der Waals surface area contributed by atoms with Gasteiger partial charge in [-0.15, -0.1) is 0 Å². The van der Waals surface area contributed by atoms with Gasteiger partial charge in [0.15, 0.2) is 17.3 Å². The van der Waals surface area contributed by atoms with E-state index in [4.69, 9.17) is 32.7 Å². The van der Waals surface area contributed by atoms with Crippen LogP contribution in [-0.2, 0) is 12.8 Å². The van der Waals surface area contributed by atoms with Gasteiger partial charge in [0.25, 0.3) is 5.56 Å². The molecule has 5 rings (SSSR count). The largest absolute Gasteiger partial charge is 0.493 e. The maximum absolute atomic E-state index is 13.5. The Morgan fingerprint density at radius 1 is 0.951 bits per heavy atom. The Bertz CT molecular complexity index is 1820. The molecule has 0 saturated heterocycles. The third kappa shape index (κ3) is 6.21. The van der Waals surface area contributed by atoms with E-state index in [2.05, 4.69) is 10.1 Å². The Morgan fingerprint density at radius 3 is 2.44 bits per heavy atom. The van der Waals surface area contributed by atoms with Gasteiger partial charge in [-0.1, -0.05) is 59.6 Å². The Balaban J connectivity index is 1.63. The van der Waals surface area contributed by atoms with E-state index in [9.17, 15) is 18.0 Å². The molecule has 0 bridgehead atoms. The molecule has 0 unspecified atom stereocenters. The first-order valence-electron chi connectivity index (χ1n) is 12.1. The van der Waals surface area contributed by atoms with Crippen LogP contribution in [0.3, 0.4) is 0 Å². The number of para-hydroxylation sites is 1. The van der Waals surface area contributed by atoms with Crippen molar-refractivity contribution in [3.63, 3.8) is 0 Å². The summed E-state index contributed by atoms with van der Waals surface area (Å²) >= 11 is 12.3. The molecule has 0 spiro atoms. The lowest BCUT2D eigenvalue weighted by Gasteiger charge is -2.15. The van der Waals surface area contributed by atoms with Crippen molar-refractivity contribution in [2.45, 2.75) is 12.8 Å². The fraction of sp³-hybridized carbons (Fsp3) is 0.100. The van der Waals surface area contributed by atoms with Crippen molar-refractivity contribution in [1.82, 2.24) is 9.66 Å². The summed E-state index contributed by atoms with van der Waals surface area (Å²) in [6, 6.07) is 21.3. The maximum Gasteiger partial charge on any atom is 0.416 e. The number of hydrogen-bond acceptors (Lipinski definition) is 5. The molecule has 0 atom stereocenters. The zero-order valence-corrected chi connectivity index (χ0v) is 22.8. The fourth-order valence-electron chi connectivity index (χ4n) is 4.10. The number of rotatable bonds is 7. The van der Waals surface area contributed by atoms with Crippen LogP contribution in [0, 0.1) is 0 Å². The van der Waals surface area contributed by atoms with Gasteiger partial charge >= 0.3 is 6.18 Å². The van der Waals surface area contributed by atoms with Crippen molar-refractivity contribution in [1.29, 1.82) is 0 Å². The van der Waals surface area contributed by atoms with Crippen LogP contribution < -0.4 is 15.0 Å². The number of nitrogens with zero attached hydrogens (tertiary/aromatic N) is 3. The molecule has 4 aromatic carbocycles. The lowest BCUT2D eigenvalue weighted by molar-refractivity contribution is -0.137. The van der Waals surface area contributed by atoms with E-state index < -0.39 is 17.3 Å². The number of benzene rings is 4. The first-order valence-corrected chi connectivity index (χ1v) is 12.9. The van der Waals surface area contributed by atoms with Gasteiger partial charge in [-0.25, -0.2) is 4.98 Å². The zero-order chi connectivity index (χ0) is 29.1. The molecule has 0 amide bonds. The molecule has 6 nitrogen and oxygen atoms in total. The number of hydrogen-bond donors (Lipinski definition) is 0. The second-order valence-electron chi connectivity index (χ2n) is 8.83. The van der Waals surface area contributed by atoms with E-state index in [-0.39, 0.29) is 29.1 Å². The van der Waals surface area contributed by atoms with Crippen LogP contribution in [0.1, 0.15) is 16.7 Å². The molecular weight excluding hydrogens is 578 g/mol. The minimum Gasteiger partial charge on any atom is -0.493 e. The highest BCUT2D eigenvalue weighted by atomic mass is 35.5. The van der Waals surface area contributed by atoms with Gasteiger partial charge in [0.1, 0.15) is 6.61 Å². The molecule has 0 fully saturated rings. The Morgan fingerprint density at radius 2 is 1.71 bits per heavy atom. The van der Waals surface area contributed by atoms with E-state index in [1.54, 1.807) is 60.7 Å². The van der Waals surface area contributed by atoms with Crippen molar-refractivity contribution in [3.8, 4) is 22.9 Å². The predicted molar refractivity (Wildman–Crippen MR) is 153 cm³/mol. The average molecular weight is 598 g/mol. The topological polar surface area (TPSA) is 65.7 Å². The summed E-state index contributed by atoms with van der Waals surface area (Å²) in [6.07, 6.45) is -3.27. The van der Waals surface area contributed by atoms with Crippen LogP contribution in [0.2, 0.25) is 10.0 Å². The predicted octanol–water partition coefficient (Wildman–Crippen LogP) is 7.86. The number of fused-ring (bicyclic) bond motifs is 1. The molecule has 0 aliphatic carbocycles. The summed E-state index contributed by atoms with van der Waals surface area (Å²) in [7, 11) is 1.45. The minimum atomic E-state index is -4.59. The third-order valence-corrected chi connectivity index (χ3v) is 6.55. The zero-order valence-electron chi connectivity index (χ0n) is 21.3. The molecular formula is C30H20Cl2F3N3O3.